The molecule has 7 nitrogen and oxygen atoms in total. The van der Waals surface area contributed by atoms with Crippen LogP contribution in [0.15, 0.2) is 48.7 Å². The van der Waals surface area contributed by atoms with Crippen LogP contribution in [0.2, 0.25) is 0 Å². The second kappa shape index (κ2) is 10.8. The number of carbonyl (C=O) groups excluding carboxylic acids is 2. The standard InChI is InChI=1S/C27H35N5O2/c1-3-5-19-11-13-29-24(16-19)20-7-10-23(27(28)34)25(17-20)30-21-12-15-32(18-21)26(33)6-4-14-31(2)22-8-9-22/h4,6-7,10-11,13,16-17,21-22,30H,3,5,8-9,12,14-15,18H2,1-2H3,(H2,28,34)/b6-4+. The Bertz CT molecular complexity index is 1060. The lowest BCUT2D eigenvalue weighted by Gasteiger charge is -2.19. The molecule has 0 radical (unpaired) electrons. The van der Waals surface area contributed by atoms with E-state index in [9.17, 15) is 9.59 Å². The van der Waals surface area contributed by atoms with Crippen LogP contribution in [0.25, 0.3) is 11.3 Å². The molecule has 1 unspecified atom stereocenters. The number of anilines is 1. The number of nitrogens with two attached hydrogens (primary N) is 1. The Morgan fingerprint density at radius 3 is 2.79 bits per heavy atom. The van der Waals surface area contributed by atoms with E-state index in [-0.39, 0.29) is 11.9 Å². The molecule has 34 heavy (non-hydrogen) atoms. The number of hydrogen-bond acceptors (Lipinski definition) is 5. The first-order chi connectivity index (χ1) is 16.4. The van der Waals surface area contributed by atoms with Crippen molar-refractivity contribution in [1.82, 2.24) is 14.8 Å². The molecule has 3 N–H and O–H groups in total. The first kappa shape index (κ1) is 24.0. The third kappa shape index (κ3) is 6.03. The number of benzene rings is 1. The monoisotopic (exact) mass is 461 g/mol. The van der Waals surface area contributed by atoms with Crippen molar-refractivity contribution < 1.29 is 9.59 Å². The fraction of sp³-hybridized carbons (Fsp3) is 0.444. The van der Waals surface area contributed by atoms with Crippen molar-refractivity contribution in [2.45, 2.75) is 51.1 Å². The lowest BCUT2D eigenvalue weighted by atomic mass is 10.0. The molecule has 2 aromatic rings. The quantitative estimate of drug-likeness (QED) is 0.529. The van der Waals surface area contributed by atoms with E-state index in [2.05, 4.69) is 35.2 Å². The summed E-state index contributed by atoms with van der Waals surface area (Å²) in [6, 6.07) is 10.4. The van der Waals surface area contributed by atoms with E-state index in [0.717, 1.165) is 37.1 Å². The van der Waals surface area contributed by atoms with E-state index in [1.165, 1.54) is 18.4 Å². The number of hydrogen-bond donors (Lipinski definition) is 2. The molecule has 1 saturated heterocycles. The minimum Gasteiger partial charge on any atom is -0.380 e. The summed E-state index contributed by atoms with van der Waals surface area (Å²) >= 11 is 0. The van der Waals surface area contributed by atoms with Crippen LogP contribution in [-0.2, 0) is 11.2 Å². The van der Waals surface area contributed by atoms with E-state index < -0.39 is 5.91 Å². The van der Waals surface area contributed by atoms with Gasteiger partial charge in [0.15, 0.2) is 0 Å². The summed E-state index contributed by atoms with van der Waals surface area (Å²) in [5.41, 5.74) is 9.82. The van der Waals surface area contributed by atoms with Gasteiger partial charge in [-0.15, -0.1) is 0 Å². The van der Waals surface area contributed by atoms with Crippen molar-refractivity contribution in [2.75, 3.05) is 32.0 Å². The highest BCUT2D eigenvalue weighted by Crippen LogP contribution is 2.27. The van der Waals surface area contributed by atoms with E-state index in [0.29, 0.717) is 30.4 Å². The average molecular weight is 462 g/mol. The second-order valence-electron chi connectivity index (χ2n) is 9.41. The molecule has 1 aliphatic carbocycles. The molecular weight excluding hydrogens is 426 g/mol. The largest absolute Gasteiger partial charge is 0.380 e. The van der Waals surface area contributed by atoms with Crippen molar-refractivity contribution in [1.29, 1.82) is 0 Å². The topological polar surface area (TPSA) is 91.6 Å². The number of primary amides is 1. The number of likely N-dealkylation sites (tertiary alicyclic amines) is 1. The summed E-state index contributed by atoms with van der Waals surface area (Å²) in [5.74, 6) is -0.440. The van der Waals surface area contributed by atoms with E-state index in [4.69, 9.17) is 5.73 Å². The molecule has 0 spiro atoms. The van der Waals surface area contributed by atoms with Gasteiger partial charge < -0.3 is 16.0 Å². The summed E-state index contributed by atoms with van der Waals surface area (Å²) in [5, 5.41) is 3.47. The fourth-order valence-electron chi connectivity index (χ4n) is 4.50. The van der Waals surface area contributed by atoms with Gasteiger partial charge >= 0.3 is 0 Å². The van der Waals surface area contributed by atoms with Crippen molar-refractivity contribution in [2.24, 2.45) is 5.73 Å². The van der Waals surface area contributed by atoms with Crippen molar-refractivity contribution >= 4 is 17.5 Å². The highest BCUT2D eigenvalue weighted by Gasteiger charge is 2.27. The number of nitrogens with one attached hydrogen (secondary N) is 1. The van der Waals surface area contributed by atoms with Crippen LogP contribution in [0.5, 0.6) is 0 Å². The van der Waals surface area contributed by atoms with Gasteiger partial charge in [0, 0.05) is 55.2 Å². The van der Waals surface area contributed by atoms with Crippen LogP contribution in [0.1, 0.15) is 48.5 Å². The normalized spacial score (nSPS) is 18.1. The zero-order valence-corrected chi connectivity index (χ0v) is 20.2. The van der Waals surface area contributed by atoms with E-state index >= 15 is 0 Å². The third-order valence-corrected chi connectivity index (χ3v) is 6.63. The van der Waals surface area contributed by atoms with Gasteiger partial charge in [-0.2, -0.15) is 0 Å². The van der Waals surface area contributed by atoms with Crippen molar-refractivity contribution in [3.8, 4) is 11.3 Å². The van der Waals surface area contributed by atoms with Gasteiger partial charge in [-0.1, -0.05) is 25.5 Å². The molecule has 4 rings (SSSR count). The minimum absolute atomic E-state index is 0.0364. The lowest BCUT2D eigenvalue weighted by Crippen LogP contribution is -2.31. The van der Waals surface area contributed by atoms with Crippen LogP contribution < -0.4 is 11.1 Å². The van der Waals surface area contributed by atoms with Gasteiger partial charge in [-0.3, -0.25) is 19.5 Å². The van der Waals surface area contributed by atoms with Crippen LogP contribution in [0.3, 0.4) is 0 Å². The maximum Gasteiger partial charge on any atom is 0.250 e. The van der Waals surface area contributed by atoms with E-state index in [1.54, 1.807) is 12.1 Å². The number of pyridine rings is 1. The minimum atomic E-state index is -0.476. The van der Waals surface area contributed by atoms with E-state index in [1.807, 2.05) is 35.4 Å². The summed E-state index contributed by atoms with van der Waals surface area (Å²) in [4.78, 5) is 33.3. The summed E-state index contributed by atoms with van der Waals surface area (Å²) in [6.07, 6.45) is 10.9. The van der Waals surface area contributed by atoms with Crippen LogP contribution in [0.4, 0.5) is 5.69 Å². The molecule has 1 atom stereocenters. The predicted molar refractivity (Wildman–Crippen MR) is 136 cm³/mol. The van der Waals surface area contributed by atoms with Crippen molar-refractivity contribution in [3.05, 3.63) is 59.8 Å². The molecular formula is C27H35N5O2. The molecule has 1 saturated carbocycles. The molecule has 1 aromatic heterocycles. The van der Waals surface area contributed by atoms with Crippen LogP contribution in [-0.4, -0.2) is 65.4 Å². The SMILES string of the molecule is CCCc1ccnc(-c2ccc(C(N)=O)c(NC3CCN(C(=O)/C=C/CN(C)C4CC4)C3)c2)c1. The number of aryl methyl sites for hydroxylation is 1. The maximum absolute atomic E-state index is 12.6. The molecule has 2 aliphatic rings. The van der Waals surface area contributed by atoms with Gasteiger partial charge in [0.1, 0.15) is 0 Å². The fourth-order valence-corrected chi connectivity index (χ4v) is 4.50. The zero-order chi connectivity index (χ0) is 24.1. The number of amides is 2. The predicted octanol–water partition coefficient (Wildman–Crippen LogP) is 3.46. The summed E-state index contributed by atoms with van der Waals surface area (Å²) in [6.45, 7) is 4.23. The Hall–Kier alpha value is -3.19. The van der Waals surface area contributed by atoms with Crippen molar-refractivity contribution in [3.63, 3.8) is 0 Å². The molecule has 0 bridgehead atoms. The molecule has 2 amide bonds. The molecule has 180 valence electrons. The maximum atomic E-state index is 12.6. The first-order valence-corrected chi connectivity index (χ1v) is 12.3. The van der Waals surface area contributed by atoms with Crippen LogP contribution in [0, 0.1) is 0 Å². The summed E-state index contributed by atoms with van der Waals surface area (Å²) in [7, 11) is 2.10. The number of likely N-dealkylation sites (N-methyl/N-ethyl adjacent to an activating group) is 1. The zero-order valence-electron chi connectivity index (χ0n) is 20.2. The highest BCUT2D eigenvalue weighted by atomic mass is 16.2. The average Bonchev–Trinajstić information content (AvgIpc) is 3.58. The molecule has 2 fully saturated rings. The highest BCUT2D eigenvalue weighted by molar-refractivity contribution is 5.99. The van der Waals surface area contributed by atoms with Crippen LogP contribution >= 0.6 is 0 Å². The third-order valence-electron chi connectivity index (χ3n) is 6.63. The van der Waals surface area contributed by atoms with Gasteiger partial charge in [-0.05, 0) is 62.6 Å². The smallest absolute Gasteiger partial charge is 0.250 e. The van der Waals surface area contributed by atoms with Gasteiger partial charge in [0.2, 0.25) is 5.91 Å². The number of rotatable bonds is 10. The molecule has 1 aromatic carbocycles. The number of carbonyl (C=O) groups is 2. The molecule has 7 heteroatoms. The first-order valence-electron chi connectivity index (χ1n) is 12.3. The van der Waals surface area contributed by atoms with Gasteiger partial charge in [-0.25, -0.2) is 0 Å². The van der Waals surface area contributed by atoms with Gasteiger partial charge in [0.25, 0.3) is 5.91 Å². The molecule has 1 aliphatic heterocycles. The second-order valence-corrected chi connectivity index (χ2v) is 9.41. The number of nitrogens with zero attached hydrogens (tertiary/aromatic N) is 3. The Kier molecular flexibility index (Phi) is 7.63. The van der Waals surface area contributed by atoms with Gasteiger partial charge in [0.05, 0.1) is 11.3 Å². The Balaban J connectivity index is 1.42. The Morgan fingerprint density at radius 1 is 1.24 bits per heavy atom. The molecule has 2 heterocycles. The Labute approximate surface area is 202 Å². The lowest BCUT2D eigenvalue weighted by molar-refractivity contribution is -0.125. The number of aromatic nitrogens is 1. The Morgan fingerprint density at radius 2 is 2.06 bits per heavy atom. The summed E-state index contributed by atoms with van der Waals surface area (Å²) < 4.78 is 0.